The molecule has 2 aromatic rings. The molecule has 0 aromatic heterocycles. The van der Waals surface area contributed by atoms with Crippen LogP contribution in [0.1, 0.15) is 22.3 Å². The number of methoxy groups -OCH3 is 1. The number of piperazine rings is 1. The lowest BCUT2D eigenvalue weighted by Crippen LogP contribution is -2.43. The van der Waals surface area contributed by atoms with E-state index in [4.69, 9.17) is 4.74 Å². The summed E-state index contributed by atoms with van der Waals surface area (Å²) >= 11 is 0. The second kappa shape index (κ2) is 8.23. The van der Waals surface area contributed by atoms with Crippen LogP contribution in [0.5, 0.6) is 11.5 Å². The van der Waals surface area contributed by atoms with Crippen molar-refractivity contribution in [2.24, 2.45) is 5.10 Å². The molecule has 1 N–H and O–H groups in total. The molecule has 3 rings (SSSR count). The third kappa shape index (κ3) is 4.55. The molecule has 1 saturated heterocycles. The van der Waals surface area contributed by atoms with Crippen molar-refractivity contribution in [2.75, 3.05) is 33.3 Å². The van der Waals surface area contributed by atoms with Crippen molar-refractivity contribution >= 4 is 6.21 Å². The van der Waals surface area contributed by atoms with Gasteiger partial charge >= 0.3 is 0 Å². The number of benzene rings is 2. The molecule has 5 nitrogen and oxygen atoms in total. The topological polar surface area (TPSA) is 48.3 Å². The van der Waals surface area contributed by atoms with Crippen LogP contribution in [0.4, 0.5) is 0 Å². The molecular formula is C21H27N3O2. The van der Waals surface area contributed by atoms with E-state index in [0.29, 0.717) is 5.75 Å². The number of rotatable bonds is 5. The molecule has 0 unspecified atom stereocenters. The monoisotopic (exact) mass is 353 g/mol. The molecule has 1 aliphatic heterocycles. The fraction of sp³-hybridized carbons (Fsp3) is 0.381. The zero-order valence-electron chi connectivity index (χ0n) is 15.8. The maximum Gasteiger partial charge on any atom is 0.161 e. The number of nitrogens with zero attached hydrogens (tertiary/aromatic N) is 3. The minimum absolute atomic E-state index is 0.143. The molecule has 1 heterocycles. The third-order valence-electron chi connectivity index (χ3n) is 4.81. The van der Waals surface area contributed by atoms with Crippen LogP contribution in [0.15, 0.2) is 41.5 Å². The van der Waals surface area contributed by atoms with Crippen LogP contribution in [-0.4, -0.2) is 54.5 Å². The first-order chi connectivity index (χ1) is 12.5. The number of hydrogen-bond acceptors (Lipinski definition) is 5. The largest absolute Gasteiger partial charge is 0.504 e. The molecule has 0 atom stereocenters. The summed E-state index contributed by atoms with van der Waals surface area (Å²) in [6, 6.07) is 11.9. The van der Waals surface area contributed by atoms with Gasteiger partial charge in [-0.3, -0.25) is 9.91 Å². The van der Waals surface area contributed by atoms with Gasteiger partial charge in [-0.1, -0.05) is 23.8 Å². The second-order valence-corrected chi connectivity index (χ2v) is 6.84. The Morgan fingerprint density at radius 3 is 2.54 bits per heavy atom. The third-order valence-corrected chi connectivity index (χ3v) is 4.81. The van der Waals surface area contributed by atoms with Crippen molar-refractivity contribution in [1.82, 2.24) is 9.91 Å². The molecule has 0 spiro atoms. The highest BCUT2D eigenvalue weighted by Gasteiger charge is 2.16. The molecule has 0 aliphatic carbocycles. The van der Waals surface area contributed by atoms with Crippen molar-refractivity contribution in [3.63, 3.8) is 0 Å². The highest BCUT2D eigenvalue weighted by atomic mass is 16.5. The molecule has 1 fully saturated rings. The summed E-state index contributed by atoms with van der Waals surface area (Å²) in [7, 11) is 1.55. The maximum atomic E-state index is 9.65. The Morgan fingerprint density at radius 1 is 1.08 bits per heavy atom. The summed E-state index contributed by atoms with van der Waals surface area (Å²) in [4.78, 5) is 2.48. The van der Waals surface area contributed by atoms with E-state index < -0.39 is 0 Å². The number of aromatic hydroxyl groups is 1. The SMILES string of the molecule is COc1cc(/C=N\N2CCN(Cc3ccc(C)cc3C)CC2)ccc1O. The van der Waals surface area contributed by atoms with E-state index in [1.54, 1.807) is 19.2 Å². The summed E-state index contributed by atoms with van der Waals surface area (Å²) in [5.41, 5.74) is 5.00. The molecule has 5 heteroatoms. The Kier molecular flexibility index (Phi) is 5.78. The Labute approximate surface area is 155 Å². The Bertz CT molecular complexity index is 781. The van der Waals surface area contributed by atoms with Gasteiger partial charge in [0.15, 0.2) is 11.5 Å². The van der Waals surface area contributed by atoms with Gasteiger partial charge in [0.2, 0.25) is 0 Å². The molecule has 26 heavy (non-hydrogen) atoms. The molecule has 1 aliphatic rings. The van der Waals surface area contributed by atoms with Crippen molar-refractivity contribution in [3.8, 4) is 11.5 Å². The quantitative estimate of drug-likeness (QED) is 0.839. The highest BCUT2D eigenvalue weighted by molar-refractivity contribution is 5.80. The molecular weight excluding hydrogens is 326 g/mol. The number of phenolic OH excluding ortho intramolecular Hbond substituents is 1. The fourth-order valence-electron chi connectivity index (χ4n) is 3.20. The van der Waals surface area contributed by atoms with Crippen molar-refractivity contribution in [3.05, 3.63) is 58.7 Å². The van der Waals surface area contributed by atoms with E-state index in [2.05, 4.69) is 47.1 Å². The van der Waals surface area contributed by atoms with Crippen LogP contribution in [0.2, 0.25) is 0 Å². The van der Waals surface area contributed by atoms with Crippen LogP contribution >= 0.6 is 0 Å². The van der Waals surface area contributed by atoms with Gasteiger partial charge in [-0.2, -0.15) is 5.10 Å². The molecule has 0 saturated carbocycles. The zero-order chi connectivity index (χ0) is 18.5. The molecule has 2 aromatic carbocycles. The van der Waals surface area contributed by atoms with E-state index in [9.17, 15) is 5.11 Å². The lowest BCUT2D eigenvalue weighted by Gasteiger charge is -2.33. The van der Waals surface area contributed by atoms with Crippen molar-refractivity contribution in [1.29, 1.82) is 0 Å². The first-order valence-electron chi connectivity index (χ1n) is 8.99. The zero-order valence-corrected chi connectivity index (χ0v) is 15.8. The molecule has 138 valence electrons. The van der Waals surface area contributed by atoms with Gasteiger partial charge in [0.05, 0.1) is 13.3 Å². The number of hydrazone groups is 1. The number of ether oxygens (including phenoxy) is 1. The summed E-state index contributed by atoms with van der Waals surface area (Å²) in [6.07, 6.45) is 1.82. The average molecular weight is 353 g/mol. The Morgan fingerprint density at radius 2 is 1.85 bits per heavy atom. The average Bonchev–Trinajstić information content (AvgIpc) is 2.64. The van der Waals surface area contributed by atoms with Gasteiger partial charge in [-0.15, -0.1) is 0 Å². The molecule has 0 amide bonds. The Balaban J connectivity index is 1.53. The second-order valence-electron chi connectivity index (χ2n) is 6.84. The lowest BCUT2D eigenvalue weighted by atomic mass is 10.1. The predicted molar refractivity (Wildman–Crippen MR) is 105 cm³/mol. The number of phenols is 1. The van der Waals surface area contributed by atoms with Crippen molar-refractivity contribution in [2.45, 2.75) is 20.4 Å². The summed E-state index contributed by atoms with van der Waals surface area (Å²) in [6.45, 7) is 9.16. The van der Waals surface area contributed by atoms with Crippen LogP contribution < -0.4 is 4.74 Å². The van der Waals surface area contributed by atoms with Crippen LogP contribution in [0.25, 0.3) is 0 Å². The highest BCUT2D eigenvalue weighted by Crippen LogP contribution is 2.25. The smallest absolute Gasteiger partial charge is 0.161 e. The predicted octanol–water partition coefficient (Wildman–Crippen LogP) is 3.17. The summed E-state index contributed by atoms with van der Waals surface area (Å²) in [5, 5.41) is 16.3. The van der Waals surface area contributed by atoms with Gasteiger partial charge in [-0.25, -0.2) is 0 Å². The lowest BCUT2D eigenvalue weighted by molar-refractivity contribution is 0.131. The minimum Gasteiger partial charge on any atom is -0.504 e. The first-order valence-corrected chi connectivity index (χ1v) is 8.99. The van der Waals surface area contributed by atoms with E-state index in [1.807, 2.05) is 12.3 Å². The first kappa shape index (κ1) is 18.3. The van der Waals surface area contributed by atoms with E-state index >= 15 is 0 Å². The molecule has 0 radical (unpaired) electrons. The fourth-order valence-corrected chi connectivity index (χ4v) is 3.20. The minimum atomic E-state index is 0.143. The van der Waals surface area contributed by atoms with E-state index in [1.165, 1.54) is 16.7 Å². The van der Waals surface area contributed by atoms with E-state index in [-0.39, 0.29) is 5.75 Å². The summed E-state index contributed by atoms with van der Waals surface area (Å²) < 4.78 is 5.13. The maximum absolute atomic E-state index is 9.65. The van der Waals surface area contributed by atoms with Crippen LogP contribution in [-0.2, 0) is 6.54 Å². The van der Waals surface area contributed by atoms with Crippen LogP contribution in [0, 0.1) is 13.8 Å². The van der Waals surface area contributed by atoms with Crippen LogP contribution in [0.3, 0.4) is 0 Å². The number of aryl methyl sites for hydroxylation is 2. The van der Waals surface area contributed by atoms with Crippen molar-refractivity contribution < 1.29 is 9.84 Å². The Hall–Kier alpha value is -2.53. The van der Waals surface area contributed by atoms with Gasteiger partial charge < -0.3 is 9.84 Å². The normalized spacial score (nSPS) is 15.6. The van der Waals surface area contributed by atoms with Gasteiger partial charge in [-0.05, 0) is 48.7 Å². The molecule has 0 bridgehead atoms. The van der Waals surface area contributed by atoms with Gasteiger partial charge in [0, 0.05) is 32.7 Å². The van der Waals surface area contributed by atoms with Gasteiger partial charge in [0.25, 0.3) is 0 Å². The van der Waals surface area contributed by atoms with E-state index in [0.717, 1.165) is 38.3 Å². The standard InChI is InChI=1S/C21H27N3O2/c1-16-4-6-19(17(2)12-16)15-23-8-10-24(11-9-23)22-14-18-5-7-20(25)21(13-18)26-3/h4-7,12-14,25H,8-11,15H2,1-3H3/b22-14-. The van der Waals surface area contributed by atoms with Gasteiger partial charge in [0.1, 0.15) is 0 Å². The number of hydrogen-bond donors (Lipinski definition) is 1. The summed E-state index contributed by atoms with van der Waals surface area (Å²) in [5.74, 6) is 0.608.